The summed E-state index contributed by atoms with van der Waals surface area (Å²) in [5.41, 5.74) is 7.16. The molecule has 0 saturated carbocycles. The molecular formula is C15H24N2O2. The van der Waals surface area contributed by atoms with E-state index in [4.69, 9.17) is 15.2 Å². The second-order valence-electron chi connectivity index (χ2n) is 5.17. The van der Waals surface area contributed by atoms with Gasteiger partial charge in [-0.15, -0.1) is 0 Å². The fraction of sp³-hybridized carbons (Fsp3) is 0.600. The van der Waals surface area contributed by atoms with Crippen molar-refractivity contribution in [3.05, 3.63) is 23.8 Å². The molecule has 1 heterocycles. The summed E-state index contributed by atoms with van der Waals surface area (Å²) in [4.78, 5) is 2.35. The van der Waals surface area contributed by atoms with Crippen LogP contribution in [0.2, 0.25) is 0 Å². The molecule has 0 spiro atoms. The van der Waals surface area contributed by atoms with Gasteiger partial charge < -0.3 is 15.2 Å². The third-order valence-corrected chi connectivity index (χ3v) is 3.90. The average Bonchev–Trinajstić information content (AvgIpc) is 2.87. The van der Waals surface area contributed by atoms with E-state index >= 15 is 0 Å². The molecule has 2 atom stereocenters. The molecule has 19 heavy (non-hydrogen) atoms. The number of likely N-dealkylation sites (N-methyl/N-ethyl adjacent to an activating group) is 1. The Bertz CT molecular complexity index is 423. The highest BCUT2D eigenvalue weighted by molar-refractivity contribution is 5.45. The molecule has 2 unspecified atom stereocenters. The van der Waals surface area contributed by atoms with E-state index in [0.29, 0.717) is 19.4 Å². The van der Waals surface area contributed by atoms with Gasteiger partial charge in [0.2, 0.25) is 6.79 Å². The molecular weight excluding hydrogens is 240 g/mol. The third kappa shape index (κ3) is 3.01. The smallest absolute Gasteiger partial charge is 0.231 e. The minimum atomic E-state index is 0.219. The van der Waals surface area contributed by atoms with E-state index in [-0.39, 0.29) is 6.04 Å². The fourth-order valence-corrected chi connectivity index (χ4v) is 2.59. The van der Waals surface area contributed by atoms with E-state index in [1.165, 1.54) is 18.4 Å². The van der Waals surface area contributed by atoms with Crippen molar-refractivity contribution in [1.29, 1.82) is 0 Å². The molecule has 106 valence electrons. The molecule has 0 saturated heterocycles. The molecule has 0 bridgehead atoms. The maximum Gasteiger partial charge on any atom is 0.231 e. The lowest BCUT2D eigenvalue weighted by molar-refractivity contribution is 0.172. The van der Waals surface area contributed by atoms with Crippen molar-refractivity contribution < 1.29 is 9.47 Å². The molecule has 2 rings (SSSR count). The summed E-state index contributed by atoms with van der Waals surface area (Å²) in [7, 11) is 2.14. The monoisotopic (exact) mass is 264 g/mol. The number of benzene rings is 1. The number of fused-ring (bicyclic) bond motifs is 1. The average molecular weight is 264 g/mol. The third-order valence-electron chi connectivity index (χ3n) is 3.90. The van der Waals surface area contributed by atoms with Crippen LogP contribution in [0.1, 0.15) is 38.3 Å². The Labute approximate surface area is 115 Å². The van der Waals surface area contributed by atoms with E-state index in [9.17, 15) is 0 Å². The standard InChI is InChI=1S/C15H24N2O2/c1-4-5-11(2)17(3)13(9-16)12-6-7-14-15(8-12)19-10-18-14/h6-8,11,13H,4-5,9-10,16H2,1-3H3. The molecule has 4 nitrogen and oxygen atoms in total. The molecule has 1 aliphatic rings. The Balaban J connectivity index is 2.17. The van der Waals surface area contributed by atoms with Crippen molar-refractivity contribution in [1.82, 2.24) is 4.90 Å². The summed E-state index contributed by atoms with van der Waals surface area (Å²) >= 11 is 0. The zero-order chi connectivity index (χ0) is 13.8. The first-order valence-electron chi connectivity index (χ1n) is 6.99. The molecule has 2 N–H and O–H groups in total. The van der Waals surface area contributed by atoms with Gasteiger partial charge in [0.25, 0.3) is 0 Å². The zero-order valence-corrected chi connectivity index (χ0v) is 12.1. The van der Waals surface area contributed by atoms with Gasteiger partial charge in [-0.25, -0.2) is 0 Å². The lowest BCUT2D eigenvalue weighted by Gasteiger charge is -2.32. The molecule has 0 amide bonds. The maximum atomic E-state index is 5.97. The van der Waals surface area contributed by atoms with Crippen molar-refractivity contribution in [2.75, 3.05) is 20.4 Å². The first-order valence-corrected chi connectivity index (χ1v) is 6.99. The SMILES string of the molecule is CCCC(C)N(C)C(CN)c1ccc2c(c1)OCO2. The second kappa shape index (κ2) is 6.26. The Morgan fingerprint density at radius 1 is 1.32 bits per heavy atom. The summed E-state index contributed by atoms with van der Waals surface area (Å²) in [5.74, 6) is 1.65. The minimum Gasteiger partial charge on any atom is -0.454 e. The van der Waals surface area contributed by atoms with E-state index in [2.05, 4.69) is 37.9 Å². The van der Waals surface area contributed by atoms with Crippen LogP contribution in [0.3, 0.4) is 0 Å². The zero-order valence-electron chi connectivity index (χ0n) is 12.1. The molecule has 1 aliphatic heterocycles. The Kier molecular flexibility index (Phi) is 4.66. The molecule has 1 aromatic rings. The van der Waals surface area contributed by atoms with Gasteiger partial charge in [-0.3, -0.25) is 4.90 Å². The van der Waals surface area contributed by atoms with Gasteiger partial charge in [-0.2, -0.15) is 0 Å². The number of rotatable bonds is 6. The quantitative estimate of drug-likeness (QED) is 0.857. The van der Waals surface area contributed by atoms with Crippen LogP contribution in [-0.2, 0) is 0 Å². The molecule has 1 aromatic carbocycles. The normalized spacial score (nSPS) is 16.7. The lowest BCUT2D eigenvalue weighted by atomic mass is 10.0. The lowest BCUT2D eigenvalue weighted by Crippen LogP contribution is -2.36. The number of nitrogens with zero attached hydrogens (tertiary/aromatic N) is 1. The van der Waals surface area contributed by atoms with E-state index in [1.807, 2.05) is 6.07 Å². The summed E-state index contributed by atoms with van der Waals surface area (Å²) in [5, 5.41) is 0. The first kappa shape index (κ1) is 14.2. The predicted molar refractivity (Wildman–Crippen MR) is 76.5 cm³/mol. The Hall–Kier alpha value is -1.26. The topological polar surface area (TPSA) is 47.7 Å². The van der Waals surface area contributed by atoms with Crippen LogP contribution >= 0.6 is 0 Å². The van der Waals surface area contributed by atoms with Crippen molar-refractivity contribution >= 4 is 0 Å². The van der Waals surface area contributed by atoms with Crippen LogP contribution in [0.25, 0.3) is 0 Å². The van der Waals surface area contributed by atoms with Gasteiger partial charge in [0.05, 0.1) is 0 Å². The molecule has 4 heteroatoms. The molecule has 0 aliphatic carbocycles. The number of nitrogens with two attached hydrogens (primary N) is 1. The van der Waals surface area contributed by atoms with Crippen LogP contribution in [0.15, 0.2) is 18.2 Å². The maximum absolute atomic E-state index is 5.97. The van der Waals surface area contributed by atoms with Crippen LogP contribution in [-0.4, -0.2) is 31.3 Å². The van der Waals surface area contributed by atoms with Crippen molar-refractivity contribution in [3.8, 4) is 11.5 Å². The first-order chi connectivity index (χ1) is 9.17. The van der Waals surface area contributed by atoms with Gasteiger partial charge >= 0.3 is 0 Å². The second-order valence-corrected chi connectivity index (χ2v) is 5.17. The van der Waals surface area contributed by atoms with Crippen molar-refractivity contribution in [2.45, 2.75) is 38.8 Å². The van der Waals surface area contributed by atoms with E-state index in [0.717, 1.165) is 11.5 Å². The van der Waals surface area contributed by atoms with Crippen LogP contribution < -0.4 is 15.2 Å². The number of hydrogen-bond acceptors (Lipinski definition) is 4. The highest BCUT2D eigenvalue weighted by Gasteiger charge is 2.22. The molecule has 0 aromatic heterocycles. The fourth-order valence-electron chi connectivity index (χ4n) is 2.59. The highest BCUT2D eigenvalue weighted by Crippen LogP contribution is 2.35. The highest BCUT2D eigenvalue weighted by atomic mass is 16.7. The number of hydrogen-bond donors (Lipinski definition) is 1. The summed E-state index contributed by atoms with van der Waals surface area (Å²) < 4.78 is 10.8. The minimum absolute atomic E-state index is 0.219. The van der Waals surface area contributed by atoms with Gasteiger partial charge in [-0.05, 0) is 38.1 Å². The van der Waals surface area contributed by atoms with Crippen molar-refractivity contribution in [2.24, 2.45) is 5.73 Å². The van der Waals surface area contributed by atoms with Gasteiger partial charge in [0, 0.05) is 18.6 Å². The Morgan fingerprint density at radius 3 is 2.74 bits per heavy atom. The largest absolute Gasteiger partial charge is 0.454 e. The van der Waals surface area contributed by atoms with Crippen LogP contribution in [0.5, 0.6) is 11.5 Å². The number of ether oxygens (including phenoxy) is 2. The van der Waals surface area contributed by atoms with Gasteiger partial charge in [-0.1, -0.05) is 19.4 Å². The Morgan fingerprint density at radius 2 is 2.05 bits per heavy atom. The molecule has 0 fully saturated rings. The van der Waals surface area contributed by atoms with Gasteiger partial charge in [0.1, 0.15) is 0 Å². The van der Waals surface area contributed by atoms with E-state index < -0.39 is 0 Å². The summed E-state index contributed by atoms with van der Waals surface area (Å²) in [6, 6.07) is 6.84. The molecule has 0 radical (unpaired) electrons. The van der Waals surface area contributed by atoms with Crippen LogP contribution in [0.4, 0.5) is 0 Å². The van der Waals surface area contributed by atoms with Crippen molar-refractivity contribution in [3.63, 3.8) is 0 Å². The summed E-state index contributed by atoms with van der Waals surface area (Å²) in [6.07, 6.45) is 2.36. The van der Waals surface area contributed by atoms with Crippen LogP contribution in [0, 0.1) is 0 Å². The van der Waals surface area contributed by atoms with E-state index in [1.54, 1.807) is 0 Å². The summed E-state index contributed by atoms with van der Waals surface area (Å²) in [6.45, 7) is 5.37. The predicted octanol–water partition coefficient (Wildman–Crippen LogP) is 2.54. The van der Waals surface area contributed by atoms with Gasteiger partial charge in [0.15, 0.2) is 11.5 Å².